The third-order valence-electron chi connectivity index (χ3n) is 6.32. The average molecular weight is 480 g/mol. The second-order valence-electron chi connectivity index (χ2n) is 8.63. The van der Waals surface area contributed by atoms with Gasteiger partial charge >= 0.3 is 6.18 Å². The number of nitrogens with zero attached hydrogens (tertiary/aromatic N) is 4. The molecule has 1 aliphatic heterocycles. The van der Waals surface area contributed by atoms with Crippen molar-refractivity contribution in [2.45, 2.75) is 56.8 Å². The van der Waals surface area contributed by atoms with Crippen molar-refractivity contribution in [2.75, 3.05) is 23.7 Å². The summed E-state index contributed by atoms with van der Waals surface area (Å²) in [5.41, 5.74) is 0.638. The number of alkyl halides is 3. The highest BCUT2D eigenvalue weighted by Gasteiger charge is 2.33. The van der Waals surface area contributed by atoms with Gasteiger partial charge in [-0.15, -0.1) is 0 Å². The molecule has 7 nitrogen and oxygen atoms in total. The third-order valence-corrected chi connectivity index (χ3v) is 6.65. The Morgan fingerprint density at radius 2 is 1.82 bits per heavy atom. The summed E-state index contributed by atoms with van der Waals surface area (Å²) in [5.74, 6) is 1.00. The van der Waals surface area contributed by atoms with Gasteiger partial charge in [-0.2, -0.15) is 18.2 Å². The van der Waals surface area contributed by atoms with E-state index in [1.807, 2.05) is 4.57 Å². The zero-order chi connectivity index (χ0) is 23.0. The van der Waals surface area contributed by atoms with Gasteiger partial charge in [-0.25, -0.2) is 9.97 Å². The number of hydrogen-bond donors (Lipinski definition) is 3. The SMILES string of the molecule is FC(F)(F)c1cc(Nc2nc3cnc(NC4CCCC4)nc3n2C2CCNCC2)ccc1Cl. The van der Waals surface area contributed by atoms with Crippen LogP contribution >= 0.6 is 11.6 Å². The van der Waals surface area contributed by atoms with Gasteiger partial charge in [0.1, 0.15) is 5.52 Å². The van der Waals surface area contributed by atoms with E-state index in [1.54, 1.807) is 6.20 Å². The largest absolute Gasteiger partial charge is 0.417 e. The number of aromatic nitrogens is 4. The molecule has 2 aliphatic rings. The minimum absolute atomic E-state index is 0.113. The van der Waals surface area contributed by atoms with E-state index in [2.05, 4.69) is 25.9 Å². The minimum Gasteiger partial charge on any atom is -0.351 e. The first-order chi connectivity index (χ1) is 15.9. The maximum Gasteiger partial charge on any atom is 0.417 e. The van der Waals surface area contributed by atoms with Crippen LogP contribution in [0.1, 0.15) is 50.1 Å². The summed E-state index contributed by atoms with van der Waals surface area (Å²) < 4.78 is 42.1. The van der Waals surface area contributed by atoms with Crippen LogP contribution in [0.5, 0.6) is 0 Å². The molecule has 1 aromatic carbocycles. The average Bonchev–Trinajstić information content (AvgIpc) is 3.42. The van der Waals surface area contributed by atoms with Crippen LogP contribution in [0.15, 0.2) is 24.4 Å². The lowest BCUT2D eigenvalue weighted by Crippen LogP contribution is -2.30. The van der Waals surface area contributed by atoms with E-state index in [-0.39, 0.29) is 16.8 Å². The minimum atomic E-state index is -4.55. The number of imidazole rings is 1. The molecule has 0 bridgehead atoms. The summed E-state index contributed by atoms with van der Waals surface area (Å²) in [7, 11) is 0. The van der Waals surface area contributed by atoms with Crippen LogP contribution in [-0.2, 0) is 6.18 Å². The van der Waals surface area contributed by atoms with E-state index < -0.39 is 11.7 Å². The van der Waals surface area contributed by atoms with Crippen LogP contribution in [0.3, 0.4) is 0 Å². The predicted molar refractivity (Wildman–Crippen MR) is 122 cm³/mol. The third kappa shape index (κ3) is 4.72. The summed E-state index contributed by atoms with van der Waals surface area (Å²) in [4.78, 5) is 13.8. The van der Waals surface area contributed by atoms with Gasteiger partial charge in [0.2, 0.25) is 11.9 Å². The van der Waals surface area contributed by atoms with Gasteiger partial charge in [0, 0.05) is 17.8 Å². The van der Waals surface area contributed by atoms with Crippen molar-refractivity contribution < 1.29 is 13.2 Å². The van der Waals surface area contributed by atoms with Crippen molar-refractivity contribution in [3.8, 4) is 0 Å². The molecule has 176 valence electrons. The number of benzene rings is 1. The van der Waals surface area contributed by atoms with E-state index in [9.17, 15) is 13.2 Å². The molecule has 1 saturated heterocycles. The zero-order valence-electron chi connectivity index (χ0n) is 17.9. The Balaban J connectivity index is 1.53. The molecule has 3 aromatic rings. The van der Waals surface area contributed by atoms with Crippen LogP contribution in [-0.4, -0.2) is 38.7 Å². The van der Waals surface area contributed by atoms with E-state index in [4.69, 9.17) is 16.6 Å². The molecular formula is C22H25ClF3N7. The lowest BCUT2D eigenvalue weighted by Gasteiger charge is -2.26. The standard InChI is InChI=1S/C22H25ClF3N7/c23-17-6-5-14(11-16(17)22(24,25)26)30-21-31-18-12-28-20(29-13-3-1-2-4-13)32-19(18)33(21)15-7-9-27-10-8-15/h5-6,11-13,15,27H,1-4,7-10H2,(H,30,31)(H,28,29,32). The van der Waals surface area contributed by atoms with Crippen LogP contribution in [0.2, 0.25) is 5.02 Å². The van der Waals surface area contributed by atoms with Gasteiger partial charge < -0.3 is 16.0 Å². The van der Waals surface area contributed by atoms with Crippen molar-refractivity contribution in [1.82, 2.24) is 24.8 Å². The van der Waals surface area contributed by atoms with Crippen molar-refractivity contribution in [3.63, 3.8) is 0 Å². The van der Waals surface area contributed by atoms with Crippen LogP contribution in [0, 0.1) is 0 Å². The lowest BCUT2D eigenvalue weighted by atomic mass is 10.1. The highest BCUT2D eigenvalue weighted by molar-refractivity contribution is 6.31. The molecule has 11 heteroatoms. The Kier molecular flexibility index (Phi) is 6.05. The maximum atomic E-state index is 13.4. The molecule has 0 radical (unpaired) electrons. The second-order valence-corrected chi connectivity index (χ2v) is 9.04. The molecule has 3 heterocycles. The summed E-state index contributed by atoms with van der Waals surface area (Å²) >= 11 is 5.79. The summed E-state index contributed by atoms with van der Waals surface area (Å²) in [5, 5.41) is 9.50. The number of hydrogen-bond acceptors (Lipinski definition) is 6. The van der Waals surface area contributed by atoms with Gasteiger partial charge in [0.25, 0.3) is 0 Å². The highest BCUT2D eigenvalue weighted by atomic mass is 35.5. The number of nitrogens with one attached hydrogen (secondary N) is 3. The first-order valence-electron chi connectivity index (χ1n) is 11.2. The number of piperidine rings is 1. The molecule has 0 spiro atoms. The van der Waals surface area contributed by atoms with Gasteiger partial charge in [-0.3, -0.25) is 4.57 Å². The van der Waals surface area contributed by atoms with E-state index >= 15 is 0 Å². The molecule has 33 heavy (non-hydrogen) atoms. The molecule has 1 aliphatic carbocycles. The summed E-state index contributed by atoms with van der Waals surface area (Å²) in [6, 6.07) is 4.25. The quantitative estimate of drug-likeness (QED) is 0.447. The second kappa shape index (κ2) is 8.98. The molecule has 5 rings (SSSR count). The van der Waals surface area contributed by atoms with Gasteiger partial charge in [-0.05, 0) is 57.0 Å². The Labute approximate surface area is 194 Å². The number of rotatable bonds is 5. The topological polar surface area (TPSA) is 79.7 Å². The van der Waals surface area contributed by atoms with Gasteiger partial charge in [0.15, 0.2) is 5.65 Å². The lowest BCUT2D eigenvalue weighted by molar-refractivity contribution is -0.137. The van der Waals surface area contributed by atoms with Gasteiger partial charge in [0.05, 0.1) is 16.8 Å². The molecule has 0 amide bonds. The fourth-order valence-electron chi connectivity index (χ4n) is 4.66. The Hall–Kier alpha value is -2.59. The van der Waals surface area contributed by atoms with Crippen LogP contribution in [0.4, 0.5) is 30.8 Å². The summed E-state index contributed by atoms with van der Waals surface area (Å²) in [6.07, 6.45) is 3.44. The molecule has 2 aromatic heterocycles. The Morgan fingerprint density at radius 1 is 1.06 bits per heavy atom. The normalized spacial score (nSPS) is 18.2. The molecule has 2 fully saturated rings. The molecule has 3 N–H and O–H groups in total. The maximum absolute atomic E-state index is 13.4. The van der Waals surface area contributed by atoms with Crippen molar-refractivity contribution >= 4 is 40.3 Å². The van der Waals surface area contributed by atoms with Crippen molar-refractivity contribution in [1.29, 1.82) is 0 Å². The Morgan fingerprint density at radius 3 is 2.55 bits per heavy atom. The monoisotopic (exact) mass is 479 g/mol. The number of halogens is 4. The number of anilines is 3. The van der Waals surface area contributed by atoms with E-state index in [1.165, 1.54) is 25.0 Å². The smallest absolute Gasteiger partial charge is 0.351 e. The van der Waals surface area contributed by atoms with E-state index in [0.717, 1.165) is 44.8 Å². The molecule has 0 atom stereocenters. The predicted octanol–water partition coefficient (Wildman–Crippen LogP) is 5.52. The fourth-order valence-corrected chi connectivity index (χ4v) is 4.89. The molecular weight excluding hydrogens is 455 g/mol. The zero-order valence-corrected chi connectivity index (χ0v) is 18.7. The first kappa shape index (κ1) is 22.2. The highest BCUT2D eigenvalue weighted by Crippen LogP contribution is 2.37. The van der Waals surface area contributed by atoms with Crippen LogP contribution in [0.25, 0.3) is 11.2 Å². The Bertz CT molecular complexity index is 1130. The first-order valence-corrected chi connectivity index (χ1v) is 11.6. The molecule has 1 saturated carbocycles. The molecule has 0 unspecified atom stereocenters. The van der Waals surface area contributed by atoms with Crippen LogP contribution < -0.4 is 16.0 Å². The fraction of sp³-hybridized carbons (Fsp3) is 0.500. The summed E-state index contributed by atoms with van der Waals surface area (Å²) in [6.45, 7) is 1.70. The number of fused-ring (bicyclic) bond motifs is 1. The van der Waals surface area contributed by atoms with Crippen molar-refractivity contribution in [2.24, 2.45) is 0 Å². The van der Waals surface area contributed by atoms with Crippen molar-refractivity contribution in [3.05, 3.63) is 35.0 Å². The van der Waals surface area contributed by atoms with E-state index in [0.29, 0.717) is 29.1 Å². The van der Waals surface area contributed by atoms with Gasteiger partial charge in [-0.1, -0.05) is 24.4 Å².